The van der Waals surface area contributed by atoms with Crippen molar-refractivity contribution in [1.29, 1.82) is 0 Å². The summed E-state index contributed by atoms with van der Waals surface area (Å²) in [7, 11) is 0. The van der Waals surface area contributed by atoms with Gasteiger partial charge in [-0.15, -0.1) is 0 Å². The summed E-state index contributed by atoms with van der Waals surface area (Å²) in [5.74, 6) is -0.334. The summed E-state index contributed by atoms with van der Waals surface area (Å²) < 4.78 is 5.54. The molecule has 0 aliphatic heterocycles. The lowest BCUT2D eigenvalue weighted by atomic mass is 10.1. The summed E-state index contributed by atoms with van der Waals surface area (Å²) in [6.45, 7) is 2.09. The van der Waals surface area contributed by atoms with Crippen molar-refractivity contribution in [2.24, 2.45) is 0 Å². The van der Waals surface area contributed by atoms with E-state index in [4.69, 9.17) is 4.74 Å². The van der Waals surface area contributed by atoms with Crippen molar-refractivity contribution in [3.63, 3.8) is 0 Å². The summed E-state index contributed by atoms with van der Waals surface area (Å²) in [5.41, 5.74) is 5.20. The first-order valence-corrected chi connectivity index (χ1v) is 8.31. The molecule has 0 saturated heterocycles. The van der Waals surface area contributed by atoms with Crippen molar-refractivity contribution in [3.8, 4) is 5.75 Å². The lowest BCUT2D eigenvalue weighted by Crippen LogP contribution is -2.42. The third-order valence-corrected chi connectivity index (χ3v) is 3.91. The molecule has 3 rings (SSSR count). The van der Waals surface area contributed by atoms with E-state index in [1.165, 1.54) is 0 Å². The van der Waals surface area contributed by atoms with E-state index in [9.17, 15) is 14.4 Å². The third kappa shape index (κ3) is 4.30. The first-order chi connectivity index (χ1) is 13.1. The Balaban J connectivity index is 1.55. The molecule has 0 bridgehead atoms. The van der Waals surface area contributed by atoms with E-state index < -0.39 is 11.8 Å². The van der Waals surface area contributed by atoms with Crippen molar-refractivity contribution in [3.05, 3.63) is 70.1 Å². The fourth-order valence-electron chi connectivity index (χ4n) is 2.51. The highest BCUT2D eigenvalue weighted by Gasteiger charge is 2.14. The van der Waals surface area contributed by atoms with Gasteiger partial charge in [0, 0.05) is 5.39 Å². The minimum absolute atomic E-state index is 0.0154. The molecule has 0 radical (unpaired) electrons. The van der Waals surface area contributed by atoms with Gasteiger partial charge in [0.1, 0.15) is 5.75 Å². The molecular formula is C19H18N4O4. The van der Waals surface area contributed by atoms with E-state index in [1.54, 1.807) is 24.3 Å². The molecule has 0 saturated carbocycles. The number of aromatic amines is 1. The van der Waals surface area contributed by atoms with E-state index in [0.29, 0.717) is 16.5 Å². The van der Waals surface area contributed by atoms with Gasteiger partial charge >= 0.3 is 0 Å². The molecule has 27 heavy (non-hydrogen) atoms. The number of hydrazine groups is 1. The highest BCUT2D eigenvalue weighted by molar-refractivity contribution is 6.05. The first kappa shape index (κ1) is 18.1. The zero-order valence-electron chi connectivity index (χ0n) is 14.6. The van der Waals surface area contributed by atoms with E-state index in [-0.39, 0.29) is 24.3 Å². The minimum Gasteiger partial charge on any atom is -0.493 e. The van der Waals surface area contributed by atoms with Crippen LogP contribution in [0, 0.1) is 6.92 Å². The van der Waals surface area contributed by atoms with Gasteiger partial charge in [-0.3, -0.25) is 25.2 Å². The van der Waals surface area contributed by atoms with E-state index in [0.717, 1.165) is 5.56 Å². The number of hydrogen-bond donors (Lipinski definition) is 3. The SMILES string of the molecule is Cc1ccccc1OCCC(=O)NNC(=O)c1n[nH]c(=O)c2ccccc12. The number of benzene rings is 2. The second-order valence-corrected chi connectivity index (χ2v) is 5.81. The number of nitrogens with zero attached hydrogens (tertiary/aromatic N) is 1. The monoisotopic (exact) mass is 366 g/mol. The van der Waals surface area contributed by atoms with Gasteiger partial charge in [0.25, 0.3) is 11.5 Å². The fraction of sp³-hybridized carbons (Fsp3) is 0.158. The Morgan fingerprint density at radius 3 is 2.52 bits per heavy atom. The Morgan fingerprint density at radius 1 is 1.04 bits per heavy atom. The van der Waals surface area contributed by atoms with Crippen molar-refractivity contribution in [2.45, 2.75) is 13.3 Å². The topological polar surface area (TPSA) is 113 Å². The second kappa shape index (κ2) is 8.13. The number of carbonyl (C=O) groups excluding carboxylic acids is 2. The van der Waals surface area contributed by atoms with Gasteiger partial charge in [-0.05, 0) is 24.6 Å². The van der Waals surface area contributed by atoms with Crippen LogP contribution in [0.5, 0.6) is 5.75 Å². The molecule has 0 fully saturated rings. The number of H-pyrrole nitrogens is 1. The molecule has 8 nitrogen and oxygen atoms in total. The van der Waals surface area contributed by atoms with Crippen molar-refractivity contribution in [2.75, 3.05) is 6.61 Å². The van der Waals surface area contributed by atoms with Gasteiger partial charge in [-0.2, -0.15) is 5.10 Å². The van der Waals surface area contributed by atoms with E-state index in [2.05, 4.69) is 21.0 Å². The van der Waals surface area contributed by atoms with Crippen LogP contribution in [0.25, 0.3) is 10.8 Å². The number of fused-ring (bicyclic) bond motifs is 1. The maximum Gasteiger partial charge on any atom is 0.290 e. The molecule has 2 aromatic carbocycles. The summed E-state index contributed by atoms with van der Waals surface area (Å²) in [4.78, 5) is 35.9. The Hall–Kier alpha value is -3.68. The molecule has 0 unspecified atom stereocenters. The number of carbonyl (C=O) groups is 2. The standard InChI is InChI=1S/C19H18N4O4/c1-12-6-2-5-9-15(12)27-11-10-16(24)20-23-19(26)17-13-7-3-4-8-14(13)18(25)22-21-17/h2-9H,10-11H2,1H3,(H,20,24)(H,22,25)(H,23,26). The molecule has 2 amide bonds. The number of aromatic nitrogens is 2. The van der Waals surface area contributed by atoms with E-state index in [1.807, 2.05) is 31.2 Å². The van der Waals surface area contributed by atoms with Crippen LogP contribution < -0.4 is 21.1 Å². The largest absolute Gasteiger partial charge is 0.493 e. The molecule has 3 N–H and O–H groups in total. The maximum atomic E-state index is 12.3. The average molecular weight is 366 g/mol. The summed E-state index contributed by atoms with van der Waals surface area (Å²) >= 11 is 0. The molecular weight excluding hydrogens is 348 g/mol. The Labute approximate surface area is 154 Å². The van der Waals surface area contributed by atoms with Crippen LogP contribution in [0.4, 0.5) is 0 Å². The van der Waals surface area contributed by atoms with Gasteiger partial charge < -0.3 is 4.74 Å². The van der Waals surface area contributed by atoms with Crippen LogP contribution in [-0.2, 0) is 4.79 Å². The summed E-state index contributed by atoms with van der Waals surface area (Å²) in [6.07, 6.45) is 0.0639. The summed E-state index contributed by atoms with van der Waals surface area (Å²) in [6, 6.07) is 14.1. The molecule has 0 aliphatic rings. The van der Waals surface area contributed by atoms with Gasteiger partial charge in [0.2, 0.25) is 5.91 Å². The van der Waals surface area contributed by atoms with Crippen molar-refractivity contribution >= 4 is 22.6 Å². The number of amides is 2. The Kier molecular flexibility index (Phi) is 5.46. The highest BCUT2D eigenvalue weighted by Crippen LogP contribution is 2.16. The quantitative estimate of drug-likeness (QED) is 0.592. The predicted molar refractivity (Wildman–Crippen MR) is 99.3 cm³/mol. The zero-order valence-corrected chi connectivity index (χ0v) is 14.6. The van der Waals surface area contributed by atoms with Crippen LogP contribution in [0.2, 0.25) is 0 Å². The second-order valence-electron chi connectivity index (χ2n) is 5.81. The molecule has 1 aromatic heterocycles. The summed E-state index contributed by atoms with van der Waals surface area (Å²) in [5, 5.41) is 6.78. The van der Waals surface area contributed by atoms with Crippen molar-refractivity contribution in [1.82, 2.24) is 21.0 Å². The third-order valence-electron chi connectivity index (χ3n) is 3.91. The minimum atomic E-state index is -0.629. The van der Waals surface area contributed by atoms with Gasteiger partial charge in [-0.1, -0.05) is 36.4 Å². The molecule has 0 atom stereocenters. The van der Waals surface area contributed by atoms with Crippen LogP contribution in [0.15, 0.2) is 53.3 Å². The zero-order chi connectivity index (χ0) is 19.2. The van der Waals surface area contributed by atoms with E-state index >= 15 is 0 Å². The number of hydrogen-bond acceptors (Lipinski definition) is 5. The van der Waals surface area contributed by atoms with Crippen LogP contribution in [0.1, 0.15) is 22.5 Å². The fourth-order valence-corrected chi connectivity index (χ4v) is 2.51. The average Bonchev–Trinajstić information content (AvgIpc) is 2.68. The van der Waals surface area contributed by atoms with Crippen LogP contribution in [0.3, 0.4) is 0 Å². The normalized spacial score (nSPS) is 10.4. The lowest BCUT2D eigenvalue weighted by Gasteiger charge is -2.10. The molecule has 138 valence electrons. The van der Waals surface area contributed by atoms with Gasteiger partial charge in [0.15, 0.2) is 5.69 Å². The number of para-hydroxylation sites is 1. The molecule has 0 aliphatic carbocycles. The number of aryl methyl sites for hydroxylation is 1. The molecule has 1 heterocycles. The number of rotatable bonds is 5. The van der Waals surface area contributed by atoms with Crippen molar-refractivity contribution < 1.29 is 14.3 Å². The molecule has 0 spiro atoms. The smallest absolute Gasteiger partial charge is 0.290 e. The van der Waals surface area contributed by atoms with Gasteiger partial charge in [0.05, 0.1) is 18.4 Å². The van der Waals surface area contributed by atoms with Gasteiger partial charge in [-0.25, -0.2) is 5.10 Å². The molecule has 8 heteroatoms. The first-order valence-electron chi connectivity index (χ1n) is 8.31. The Morgan fingerprint density at radius 2 is 1.74 bits per heavy atom. The van der Waals surface area contributed by atoms with Crippen LogP contribution >= 0.6 is 0 Å². The Bertz CT molecular complexity index is 1050. The lowest BCUT2D eigenvalue weighted by molar-refractivity contribution is -0.122. The highest BCUT2D eigenvalue weighted by atomic mass is 16.5. The predicted octanol–water partition coefficient (Wildman–Crippen LogP) is 1.46. The maximum absolute atomic E-state index is 12.3. The number of nitrogens with one attached hydrogen (secondary N) is 3. The molecule has 3 aromatic rings. The number of ether oxygens (including phenoxy) is 1. The van der Waals surface area contributed by atoms with Crippen LogP contribution in [-0.4, -0.2) is 28.6 Å².